The number of carbonyl (C=O) groups excluding carboxylic acids is 1. The second-order valence-electron chi connectivity index (χ2n) is 4.74. The fraction of sp³-hybridized carbons (Fsp3) is 0.308. The summed E-state index contributed by atoms with van der Waals surface area (Å²) in [6.45, 7) is 0.788. The number of rotatable bonds is 4. The van der Waals surface area contributed by atoms with E-state index in [0.717, 1.165) is 5.39 Å². The lowest BCUT2D eigenvalue weighted by Crippen LogP contribution is -2.51. The van der Waals surface area contributed by atoms with Crippen LogP contribution in [-0.4, -0.2) is 34.9 Å². The first-order chi connectivity index (χ1) is 8.97. The molecule has 0 bridgehead atoms. The van der Waals surface area contributed by atoms with Crippen LogP contribution in [0.2, 0.25) is 0 Å². The molecule has 0 saturated carbocycles. The van der Waals surface area contributed by atoms with Gasteiger partial charge in [-0.05, 0) is 31.2 Å². The first kappa shape index (κ1) is 13.4. The number of benzene rings is 1. The predicted octanol–water partition coefficient (Wildman–Crippen LogP) is 0.488. The van der Waals surface area contributed by atoms with Crippen molar-refractivity contribution in [1.82, 2.24) is 5.32 Å². The van der Waals surface area contributed by atoms with E-state index in [0.29, 0.717) is 11.3 Å². The van der Waals surface area contributed by atoms with Crippen molar-refractivity contribution in [2.75, 3.05) is 18.9 Å². The highest BCUT2D eigenvalue weighted by atomic mass is 16.3. The Morgan fingerprint density at radius 1 is 1.37 bits per heavy atom. The van der Waals surface area contributed by atoms with E-state index in [4.69, 9.17) is 20.4 Å². The number of nitrogens with one attached hydrogen (secondary N) is 1. The fourth-order valence-corrected chi connectivity index (χ4v) is 1.64. The van der Waals surface area contributed by atoms with E-state index in [2.05, 4.69) is 5.32 Å². The number of aliphatic hydroxyl groups excluding tert-OH is 2. The first-order valence-corrected chi connectivity index (χ1v) is 5.81. The van der Waals surface area contributed by atoms with Gasteiger partial charge in [0, 0.05) is 11.1 Å². The van der Waals surface area contributed by atoms with Crippen LogP contribution in [0.1, 0.15) is 17.5 Å². The van der Waals surface area contributed by atoms with Crippen LogP contribution in [0.5, 0.6) is 0 Å². The minimum Gasteiger partial charge on any atom is -0.451 e. The number of hydrogen-bond acceptors (Lipinski definition) is 5. The van der Waals surface area contributed by atoms with Gasteiger partial charge >= 0.3 is 0 Å². The van der Waals surface area contributed by atoms with Crippen LogP contribution >= 0.6 is 0 Å². The fourth-order valence-electron chi connectivity index (χ4n) is 1.64. The average Bonchev–Trinajstić information content (AvgIpc) is 2.81. The lowest BCUT2D eigenvalue weighted by molar-refractivity contribution is 0.0702. The Kier molecular flexibility index (Phi) is 3.46. The smallest absolute Gasteiger partial charge is 0.287 e. The third-order valence-corrected chi connectivity index (χ3v) is 2.88. The van der Waals surface area contributed by atoms with Crippen LogP contribution in [-0.2, 0) is 0 Å². The molecule has 0 atom stereocenters. The third-order valence-electron chi connectivity index (χ3n) is 2.88. The Morgan fingerprint density at radius 3 is 2.68 bits per heavy atom. The van der Waals surface area contributed by atoms with Crippen molar-refractivity contribution in [3.05, 3.63) is 30.0 Å². The van der Waals surface area contributed by atoms with E-state index < -0.39 is 11.4 Å². The van der Waals surface area contributed by atoms with Crippen molar-refractivity contribution in [3.8, 4) is 0 Å². The van der Waals surface area contributed by atoms with Gasteiger partial charge in [0.2, 0.25) is 0 Å². The van der Waals surface area contributed by atoms with E-state index in [9.17, 15) is 4.79 Å². The number of fused-ring (bicyclic) bond motifs is 1. The molecule has 1 aromatic heterocycles. The van der Waals surface area contributed by atoms with Crippen LogP contribution in [0.4, 0.5) is 5.69 Å². The van der Waals surface area contributed by atoms with Gasteiger partial charge in [-0.3, -0.25) is 4.79 Å². The second kappa shape index (κ2) is 4.91. The van der Waals surface area contributed by atoms with Crippen LogP contribution in [0.3, 0.4) is 0 Å². The summed E-state index contributed by atoms with van der Waals surface area (Å²) in [6, 6.07) is 6.63. The van der Waals surface area contributed by atoms with Gasteiger partial charge in [-0.2, -0.15) is 0 Å². The SMILES string of the molecule is CC(CO)(CO)NC(=O)c1cc2cc(N)ccc2o1. The molecule has 0 fully saturated rings. The van der Waals surface area contributed by atoms with E-state index in [1.165, 1.54) is 6.92 Å². The normalized spacial score (nSPS) is 11.7. The van der Waals surface area contributed by atoms with Gasteiger partial charge in [0.05, 0.1) is 18.8 Å². The number of hydrogen-bond donors (Lipinski definition) is 4. The summed E-state index contributed by atoms with van der Waals surface area (Å²) in [5, 5.41) is 21.5. The molecule has 0 aliphatic carbocycles. The van der Waals surface area contributed by atoms with Gasteiger partial charge in [-0.25, -0.2) is 0 Å². The van der Waals surface area contributed by atoms with Crippen LogP contribution in [0.25, 0.3) is 11.0 Å². The molecule has 6 nitrogen and oxygen atoms in total. The lowest BCUT2D eigenvalue weighted by Gasteiger charge is -2.25. The minimum atomic E-state index is -1.09. The highest BCUT2D eigenvalue weighted by Crippen LogP contribution is 2.22. The average molecular weight is 264 g/mol. The molecule has 0 radical (unpaired) electrons. The third kappa shape index (κ3) is 2.69. The number of furan rings is 1. The van der Waals surface area contributed by atoms with Gasteiger partial charge in [0.15, 0.2) is 5.76 Å². The van der Waals surface area contributed by atoms with E-state index in [1.807, 2.05) is 0 Å². The zero-order valence-electron chi connectivity index (χ0n) is 10.5. The molecule has 19 heavy (non-hydrogen) atoms. The Hall–Kier alpha value is -2.05. The topological polar surface area (TPSA) is 109 Å². The maximum Gasteiger partial charge on any atom is 0.287 e. The van der Waals surface area contributed by atoms with Crippen molar-refractivity contribution >= 4 is 22.6 Å². The summed E-state index contributed by atoms with van der Waals surface area (Å²) >= 11 is 0. The Labute approximate surface area is 109 Å². The number of amides is 1. The Bertz CT molecular complexity index is 602. The van der Waals surface area contributed by atoms with E-state index in [-0.39, 0.29) is 19.0 Å². The molecular formula is C13H16N2O4. The summed E-state index contributed by atoms with van der Waals surface area (Å²) < 4.78 is 5.39. The van der Waals surface area contributed by atoms with Gasteiger partial charge < -0.3 is 25.7 Å². The van der Waals surface area contributed by atoms with E-state index in [1.54, 1.807) is 24.3 Å². The number of anilines is 1. The maximum atomic E-state index is 12.0. The molecule has 1 aromatic carbocycles. The number of nitrogen functional groups attached to an aromatic ring is 1. The highest BCUT2D eigenvalue weighted by Gasteiger charge is 2.26. The van der Waals surface area contributed by atoms with Crippen molar-refractivity contribution < 1.29 is 19.4 Å². The molecule has 1 amide bonds. The van der Waals surface area contributed by atoms with Gasteiger partial charge in [-0.1, -0.05) is 0 Å². The molecule has 2 aromatic rings. The minimum absolute atomic E-state index is 0.105. The molecule has 0 spiro atoms. The molecule has 0 aliphatic heterocycles. The summed E-state index contributed by atoms with van der Waals surface area (Å²) in [6.07, 6.45) is 0. The molecule has 6 heteroatoms. The number of carbonyl (C=O) groups is 1. The van der Waals surface area contributed by atoms with Gasteiger partial charge in [0.25, 0.3) is 5.91 Å². The Balaban J connectivity index is 2.27. The summed E-state index contributed by atoms with van der Waals surface area (Å²) in [7, 11) is 0. The van der Waals surface area contributed by atoms with E-state index >= 15 is 0 Å². The molecule has 0 aliphatic rings. The number of aliphatic hydroxyl groups is 2. The standard InChI is InChI=1S/C13H16N2O4/c1-13(6-16,7-17)15-12(18)11-5-8-4-9(14)2-3-10(8)19-11/h2-5,16-17H,6-7,14H2,1H3,(H,15,18). The summed E-state index contributed by atoms with van der Waals surface area (Å²) in [5.41, 5.74) is 5.69. The molecule has 102 valence electrons. The summed E-state index contributed by atoms with van der Waals surface area (Å²) in [4.78, 5) is 12.0. The van der Waals surface area contributed by atoms with Crippen molar-refractivity contribution in [1.29, 1.82) is 0 Å². The molecule has 1 heterocycles. The first-order valence-electron chi connectivity index (χ1n) is 5.81. The highest BCUT2D eigenvalue weighted by molar-refractivity contribution is 5.97. The zero-order chi connectivity index (χ0) is 14.0. The maximum absolute atomic E-state index is 12.0. The predicted molar refractivity (Wildman–Crippen MR) is 70.7 cm³/mol. The zero-order valence-corrected chi connectivity index (χ0v) is 10.5. The lowest BCUT2D eigenvalue weighted by atomic mass is 10.1. The Morgan fingerprint density at radius 2 is 2.05 bits per heavy atom. The molecule has 2 rings (SSSR count). The second-order valence-corrected chi connectivity index (χ2v) is 4.74. The van der Waals surface area contributed by atoms with Crippen molar-refractivity contribution in [2.24, 2.45) is 0 Å². The van der Waals surface area contributed by atoms with Crippen LogP contribution in [0.15, 0.2) is 28.7 Å². The molecule has 0 unspecified atom stereocenters. The largest absolute Gasteiger partial charge is 0.451 e. The van der Waals surface area contributed by atoms with Gasteiger partial charge in [-0.15, -0.1) is 0 Å². The van der Waals surface area contributed by atoms with Crippen molar-refractivity contribution in [3.63, 3.8) is 0 Å². The monoisotopic (exact) mass is 264 g/mol. The van der Waals surface area contributed by atoms with Crippen molar-refractivity contribution in [2.45, 2.75) is 12.5 Å². The molecule has 0 saturated heterocycles. The van der Waals surface area contributed by atoms with Gasteiger partial charge in [0.1, 0.15) is 5.58 Å². The molecular weight excluding hydrogens is 248 g/mol. The quantitative estimate of drug-likeness (QED) is 0.601. The van der Waals surface area contributed by atoms with Crippen LogP contribution in [0, 0.1) is 0 Å². The molecule has 5 N–H and O–H groups in total. The number of nitrogens with two attached hydrogens (primary N) is 1. The summed E-state index contributed by atoms with van der Waals surface area (Å²) in [5.74, 6) is -0.394. The van der Waals surface area contributed by atoms with Crippen LogP contribution < -0.4 is 11.1 Å².